The van der Waals surface area contributed by atoms with Crippen LogP contribution in [0.3, 0.4) is 0 Å². The quantitative estimate of drug-likeness (QED) is 0.894. The summed E-state index contributed by atoms with van der Waals surface area (Å²) in [4.78, 5) is 14.7. The van der Waals surface area contributed by atoms with Crippen LogP contribution in [-0.2, 0) is 0 Å². The van der Waals surface area contributed by atoms with E-state index in [4.69, 9.17) is 4.74 Å². The fourth-order valence-corrected chi connectivity index (χ4v) is 1.92. The molecule has 0 spiro atoms. The Hall–Kier alpha value is -2.03. The largest absolute Gasteiger partial charge is 0.488 e. The summed E-state index contributed by atoms with van der Waals surface area (Å²) >= 11 is 0. The first-order valence-electron chi connectivity index (χ1n) is 6.34. The summed E-state index contributed by atoms with van der Waals surface area (Å²) < 4.78 is 5.83. The molecule has 3 heteroatoms. The number of H-pyrrole nitrogens is 1. The monoisotopic (exact) mass is 257 g/mol. The molecule has 0 atom stereocenters. The van der Waals surface area contributed by atoms with Crippen molar-refractivity contribution in [3.05, 3.63) is 52.3 Å². The standard InChI is InChI=1S/C16H19NO2/c1-11-8-13(18)10-15(17-11)12-6-5-7-14(9-12)19-16(2,3)4/h5-10H,1-4H3,(H,17,18). The van der Waals surface area contributed by atoms with E-state index >= 15 is 0 Å². The van der Waals surface area contributed by atoms with Gasteiger partial charge in [0.2, 0.25) is 0 Å². The van der Waals surface area contributed by atoms with Gasteiger partial charge in [-0.3, -0.25) is 4.79 Å². The number of aryl methyl sites for hydroxylation is 1. The predicted octanol–water partition coefficient (Wildman–Crippen LogP) is 3.53. The van der Waals surface area contributed by atoms with E-state index < -0.39 is 0 Å². The van der Waals surface area contributed by atoms with Crippen LogP contribution in [0.2, 0.25) is 0 Å². The third-order valence-corrected chi connectivity index (χ3v) is 2.55. The zero-order chi connectivity index (χ0) is 14.0. The lowest BCUT2D eigenvalue weighted by molar-refractivity contribution is 0.131. The number of hydrogen-bond acceptors (Lipinski definition) is 2. The van der Waals surface area contributed by atoms with E-state index in [1.165, 1.54) is 0 Å². The van der Waals surface area contributed by atoms with E-state index in [0.29, 0.717) is 0 Å². The van der Waals surface area contributed by atoms with E-state index in [9.17, 15) is 4.79 Å². The number of aromatic nitrogens is 1. The second-order valence-corrected chi connectivity index (χ2v) is 5.65. The van der Waals surface area contributed by atoms with Gasteiger partial charge >= 0.3 is 0 Å². The molecule has 1 aromatic carbocycles. The number of benzene rings is 1. The van der Waals surface area contributed by atoms with Crippen LogP contribution in [0.5, 0.6) is 5.75 Å². The highest BCUT2D eigenvalue weighted by atomic mass is 16.5. The molecule has 0 saturated heterocycles. The van der Waals surface area contributed by atoms with E-state index in [1.807, 2.05) is 52.0 Å². The smallest absolute Gasteiger partial charge is 0.182 e. The summed E-state index contributed by atoms with van der Waals surface area (Å²) in [7, 11) is 0. The molecule has 0 aliphatic carbocycles. The van der Waals surface area contributed by atoms with Gasteiger partial charge in [0.15, 0.2) is 5.43 Å². The lowest BCUT2D eigenvalue weighted by Crippen LogP contribution is -2.22. The molecule has 0 unspecified atom stereocenters. The lowest BCUT2D eigenvalue weighted by Gasteiger charge is -2.21. The maximum atomic E-state index is 11.5. The molecule has 0 amide bonds. The first-order chi connectivity index (χ1) is 8.83. The van der Waals surface area contributed by atoms with Crippen molar-refractivity contribution in [2.45, 2.75) is 33.3 Å². The van der Waals surface area contributed by atoms with Gasteiger partial charge in [-0.05, 0) is 39.8 Å². The minimum Gasteiger partial charge on any atom is -0.488 e. The van der Waals surface area contributed by atoms with Crippen LogP contribution in [0.25, 0.3) is 11.3 Å². The molecule has 0 radical (unpaired) electrons. The number of hydrogen-bond donors (Lipinski definition) is 1. The maximum absolute atomic E-state index is 11.5. The van der Waals surface area contributed by atoms with Gasteiger partial charge in [0.1, 0.15) is 11.4 Å². The van der Waals surface area contributed by atoms with Gasteiger partial charge in [0, 0.05) is 29.1 Å². The van der Waals surface area contributed by atoms with Crippen LogP contribution in [0, 0.1) is 6.92 Å². The summed E-state index contributed by atoms with van der Waals surface area (Å²) in [5, 5.41) is 0. The third kappa shape index (κ3) is 3.71. The van der Waals surface area contributed by atoms with Crippen LogP contribution in [-0.4, -0.2) is 10.6 Å². The molecule has 2 aromatic rings. The van der Waals surface area contributed by atoms with Gasteiger partial charge in [-0.2, -0.15) is 0 Å². The Morgan fingerprint density at radius 1 is 1.11 bits per heavy atom. The third-order valence-electron chi connectivity index (χ3n) is 2.55. The highest BCUT2D eigenvalue weighted by Crippen LogP contribution is 2.24. The molecule has 1 heterocycles. The van der Waals surface area contributed by atoms with Crippen molar-refractivity contribution in [3.63, 3.8) is 0 Å². The molecule has 100 valence electrons. The lowest BCUT2D eigenvalue weighted by atomic mass is 10.1. The van der Waals surface area contributed by atoms with Gasteiger partial charge in [-0.15, -0.1) is 0 Å². The second kappa shape index (κ2) is 4.92. The number of ether oxygens (including phenoxy) is 1. The van der Waals surface area contributed by atoms with Crippen molar-refractivity contribution in [2.24, 2.45) is 0 Å². The minimum atomic E-state index is -0.237. The van der Waals surface area contributed by atoms with Crippen molar-refractivity contribution in [1.29, 1.82) is 0 Å². The SMILES string of the molecule is Cc1cc(=O)cc(-c2cccc(OC(C)(C)C)c2)[nH]1. The van der Waals surface area contributed by atoms with Crippen molar-refractivity contribution in [3.8, 4) is 17.0 Å². The van der Waals surface area contributed by atoms with E-state index in [1.54, 1.807) is 12.1 Å². The molecule has 1 aromatic heterocycles. The van der Waals surface area contributed by atoms with Crippen LogP contribution in [0.4, 0.5) is 0 Å². The molecular weight excluding hydrogens is 238 g/mol. The Bertz CT molecular complexity index is 636. The van der Waals surface area contributed by atoms with E-state index in [-0.39, 0.29) is 11.0 Å². The fraction of sp³-hybridized carbons (Fsp3) is 0.312. The Labute approximate surface area is 113 Å². The fourth-order valence-electron chi connectivity index (χ4n) is 1.92. The van der Waals surface area contributed by atoms with Crippen molar-refractivity contribution >= 4 is 0 Å². The molecule has 1 N–H and O–H groups in total. The summed E-state index contributed by atoms with van der Waals surface area (Å²) in [6.07, 6.45) is 0. The molecule has 2 rings (SSSR count). The first kappa shape index (κ1) is 13.4. The van der Waals surface area contributed by atoms with Crippen LogP contribution < -0.4 is 10.2 Å². The van der Waals surface area contributed by atoms with Gasteiger partial charge < -0.3 is 9.72 Å². The molecule has 19 heavy (non-hydrogen) atoms. The van der Waals surface area contributed by atoms with Gasteiger partial charge in [-0.1, -0.05) is 12.1 Å². The van der Waals surface area contributed by atoms with Gasteiger partial charge in [-0.25, -0.2) is 0 Å². The highest BCUT2D eigenvalue weighted by molar-refractivity contribution is 5.61. The summed E-state index contributed by atoms with van der Waals surface area (Å²) in [5.74, 6) is 0.798. The zero-order valence-electron chi connectivity index (χ0n) is 11.8. The molecule has 3 nitrogen and oxygen atoms in total. The topological polar surface area (TPSA) is 42.1 Å². The number of pyridine rings is 1. The molecule has 0 aliphatic rings. The van der Waals surface area contributed by atoms with Crippen molar-refractivity contribution in [2.75, 3.05) is 0 Å². The molecule has 0 fully saturated rings. The van der Waals surface area contributed by atoms with Gasteiger partial charge in [0.05, 0.1) is 0 Å². The van der Waals surface area contributed by atoms with Crippen LogP contribution in [0.15, 0.2) is 41.2 Å². The Balaban J connectivity index is 2.40. The molecule has 0 aliphatic heterocycles. The van der Waals surface area contributed by atoms with Crippen LogP contribution in [0.1, 0.15) is 26.5 Å². The molecular formula is C16H19NO2. The second-order valence-electron chi connectivity index (χ2n) is 5.65. The minimum absolute atomic E-state index is 0.00777. The number of aromatic amines is 1. The summed E-state index contributed by atoms with van der Waals surface area (Å²) in [5.41, 5.74) is 2.38. The molecule has 0 bridgehead atoms. The average molecular weight is 257 g/mol. The van der Waals surface area contributed by atoms with Crippen LogP contribution >= 0.6 is 0 Å². The van der Waals surface area contributed by atoms with Crippen molar-refractivity contribution < 1.29 is 4.74 Å². The van der Waals surface area contributed by atoms with E-state index in [0.717, 1.165) is 22.7 Å². The number of rotatable bonds is 2. The predicted molar refractivity (Wildman–Crippen MR) is 77.6 cm³/mol. The number of nitrogens with one attached hydrogen (secondary N) is 1. The van der Waals surface area contributed by atoms with E-state index in [2.05, 4.69) is 4.98 Å². The molecule has 0 saturated carbocycles. The summed E-state index contributed by atoms with van der Waals surface area (Å²) in [6, 6.07) is 10.9. The summed E-state index contributed by atoms with van der Waals surface area (Å²) in [6.45, 7) is 7.90. The van der Waals surface area contributed by atoms with Crippen molar-refractivity contribution in [1.82, 2.24) is 4.98 Å². The first-order valence-corrected chi connectivity index (χ1v) is 6.34. The highest BCUT2D eigenvalue weighted by Gasteiger charge is 2.12. The Morgan fingerprint density at radius 3 is 2.47 bits per heavy atom. The normalized spacial score (nSPS) is 11.4. The average Bonchev–Trinajstić information content (AvgIpc) is 2.25. The Morgan fingerprint density at radius 2 is 1.84 bits per heavy atom. The zero-order valence-corrected chi connectivity index (χ0v) is 11.8. The maximum Gasteiger partial charge on any atom is 0.182 e. The van der Waals surface area contributed by atoms with Gasteiger partial charge in [0.25, 0.3) is 0 Å². The Kier molecular flexibility index (Phi) is 3.47.